The lowest BCUT2D eigenvalue weighted by atomic mass is 10.1. The second kappa shape index (κ2) is 4.56. The first-order chi connectivity index (χ1) is 10.7. The van der Waals surface area contributed by atoms with E-state index in [0.717, 1.165) is 17.7 Å². The molecular weight excluding hydrogens is 282 g/mol. The lowest BCUT2D eigenvalue weighted by Crippen LogP contribution is -2.30. The Morgan fingerprint density at radius 1 is 1.36 bits per heavy atom. The second-order valence-corrected chi connectivity index (χ2v) is 5.28. The van der Waals surface area contributed by atoms with Crippen LogP contribution in [0.3, 0.4) is 0 Å². The van der Waals surface area contributed by atoms with Crippen LogP contribution in [0.1, 0.15) is 21.7 Å². The van der Waals surface area contributed by atoms with Gasteiger partial charge in [0.1, 0.15) is 11.1 Å². The van der Waals surface area contributed by atoms with E-state index in [1.807, 2.05) is 24.3 Å². The van der Waals surface area contributed by atoms with E-state index < -0.39 is 0 Å². The monoisotopic (exact) mass is 295 g/mol. The Bertz CT molecular complexity index is 955. The minimum absolute atomic E-state index is 0.192. The Morgan fingerprint density at radius 3 is 3.05 bits per heavy atom. The maximum Gasteiger partial charge on any atom is 0.262 e. The molecule has 0 saturated heterocycles. The number of nitrogens with one attached hydrogen (secondary N) is 1. The number of carbonyl (C=O) groups is 1. The van der Waals surface area contributed by atoms with Crippen LogP contribution in [0.4, 0.5) is 5.69 Å². The van der Waals surface area contributed by atoms with Gasteiger partial charge >= 0.3 is 0 Å². The third kappa shape index (κ3) is 1.70. The Labute approximate surface area is 125 Å². The maximum atomic E-state index is 12.9. The number of rotatable bonds is 1. The number of aromatic nitrogens is 2. The van der Waals surface area contributed by atoms with Gasteiger partial charge in [-0.15, -0.1) is 0 Å². The number of benzene rings is 1. The normalized spacial score (nSPS) is 13.6. The van der Waals surface area contributed by atoms with Crippen LogP contribution in [-0.4, -0.2) is 22.4 Å². The quantitative estimate of drug-likeness (QED) is 0.745. The van der Waals surface area contributed by atoms with Gasteiger partial charge in [-0.25, -0.2) is 4.98 Å². The SMILES string of the molecule is Cc1oc2nc[nH]c(=O)c2c1C(=O)N1CCc2ccccc21. The van der Waals surface area contributed by atoms with Crippen molar-refractivity contribution in [2.45, 2.75) is 13.3 Å². The third-order valence-electron chi connectivity index (χ3n) is 4.02. The summed E-state index contributed by atoms with van der Waals surface area (Å²) >= 11 is 0. The number of hydrogen-bond acceptors (Lipinski definition) is 4. The van der Waals surface area contributed by atoms with Crippen LogP contribution in [0.15, 0.2) is 39.8 Å². The van der Waals surface area contributed by atoms with Gasteiger partial charge in [0.05, 0.1) is 11.9 Å². The summed E-state index contributed by atoms with van der Waals surface area (Å²) < 4.78 is 5.47. The van der Waals surface area contributed by atoms with Crippen molar-refractivity contribution in [3.05, 3.63) is 57.8 Å². The molecule has 4 rings (SSSR count). The molecule has 0 fully saturated rings. The van der Waals surface area contributed by atoms with Gasteiger partial charge in [-0.05, 0) is 25.0 Å². The zero-order valence-corrected chi connectivity index (χ0v) is 11.9. The van der Waals surface area contributed by atoms with Crippen LogP contribution in [0, 0.1) is 6.92 Å². The molecule has 0 spiro atoms. The molecule has 0 saturated carbocycles. The number of nitrogens with zero attached hydrogens (tertiary/aromatic N) is 2. The van der Waals surface area contributed by atoms with Gasteiger partial charge in [0, 0.05) is 12.2 Å². The van der Waals surface area contributed by atoms with Crippen LogP contribution in [0.2, 0.25) is 0 Å². The molecular formula is C16H13N3O3. The summed E-state index contributed by atoms with van der Waals surface area (Å²) in [5, 5.41) is 0.217. The van der Waals surface area contributed by atoms with E-state index in [0.29, 0.717) is 17.9 Å². The second-order valence-electron chi connectivity index (χ2n) is 5.28. The number of aromatic amines is 1. The molecule has 22 heavy (non-hydrogen) atoms. The van der Waals surface area contributed by atoms with Gasteiger partial charge in [0.15, 0.2) is 0 Å². The molecule has 110 valence electrons. The van der Waals surface area contributed by atoms with Crippen molar-refractivity contribution in [3.63, 3.8) is 0 Å². The lowest BCUT2D eigenvalue weighted by molar-refractivity contribution is 0.0989. The Balaban J connectivity index is 1.89. The first-order valence-electron chi connectivity index (χ1n) is 7.03. The number of fused-ring (bicyclic) bond motifs is 2. The van der Waals surface area contributed by atoms with Crippen LogP contribution >= 0.6 is 0 Å². The summed E-state index contributed by atoms with van der Waals surface area (Å²) in [4.78, 5) is 33.2. The Kier molecular flexibility index (Phi) is 2.66. The molecule has 3 heterocycles. The number of amides is 1. The van der Waals surface area contributed by atoms with Gasteiger partial charge in [0.2, 0.25) is 5.71 Å². The van der Waals surface area contributed by atoms with E-state index in [9.17, 15) is 9.59 Å². The summed E-state index contributed by atoms with van der Waals surface area (Å²) in [6.45, 7) is 2.28. The average molecular weight is 295 g/mol. The van der Waals surface area contributed by atoms with Crippen molar-refractivity contribution < 1.29 is 9.21 Å². The highest BCUT2D eigenvalue weighted by Crippen LogP contribution is 2.31. The third-order valence-corrected chi connectivity index (χ3v) is 4.02. The van der Waals surface area contributed by atoms with E-state index in [4.69, 9.17) is 4.42 Å². The molecule has 0 radical (unpaired) electrons. The first-order valence-corrected chi connectivity index (χ1v) is 7.03. The summed E-state index contributed by atoms with van der Waals surface area (Å²) in [7, 11) is 0. The van der Waals surface area contributed by atoms with Gasteiger partial charge in [-0.1, -0.05) is 18.2 Å². The lowest BCUT2D eigenvalue weighted by Gasteiger charge is -2.16. The number of H-pyrrole nitrogens is 1. The standard InChI is InChI=1S/C16H13N3O3/c1-9-12(13-14(20)17-8-18-15(13)22-9)16(21)19-7-6-10-4-2-3-5-11(10)19/h2-5,8H,6-7H2,1H3,(H,17,18,20). The van der Waals surface area contributed by atoms with E-state index in [2.05, 4.69) is 9.97 Å². The van der Waals surface area contributed by atoms with Crippen molar-refractivity contribution in [1.82, 2.24) is 9.97 Å². The predicted octanol–water partition coefficient (Wildman–Crippen LogP) is 2.03. The number of aryl methyl sites for hydroxylation is 1. The molecule has 0 aliphatic carbocycles. The number of carbonyl (C=O) groups excluding carboxylic acids is 1. The van der Waals surface area contributed by atoms with E-state index in [-0.39, 0.29) is 22.6 Å². The summed E-state index contributed by atoms with van der Waals surface area (Å²) in [6, 6.07) is 7.79. The highest BCUT2D eigenvalue weighted by molar-refractivity contribution is 6.14. The van der Waals surface area contributed by atoms with E-state index >= 15 is 0 Å². The van der Waals surface area contributed by atoms with Crippen LogP contribution in [0.5, 0.6) is 0 Å². The summed E-state index contributed by atoms with van der Waals surface area (Å²) in [5.74, 6) is 0.188. The highest BCUT2D eigenvalue weighted by atomic mass is 16.3. The summed E-state index contributed by atoms with van der Waals surface area (Å²) in [5.41, 5.74) is 2.14. The largest absolute Gasteiger partial charge is 0.442 e. The smallest absolute Gasteiger partial charge is 0.262 e. The molecule has 6 heteroatoms. The van der Waals surface area contributed by atoms with Gasteiger partial charge in [-0.3, -0.25) is 9.59 Å². The molecule has 0 unspecified atom stereocenters. The molecule has 6 nitrogen and oxygen atoms in total. The van der Waals surface area contributed by atoms with Crippen LogP contribution in [0.25, 0.3) is 11.1 Å². The van der Waals surface area contributed by atoms with Gasteiger partial charge in [0.25, 0.3) is 11.5 Å². The zero-order chi connectivity index (χ0) is 15.3. The number of hydrogen-bond donors (Lipinski definition) is 1. The van der Waals surface area contributed by atoms with E-state index in [1.165, 1.54) is 6.33 Å². The zero-order valence-electron chi connectivity index (χ0n) is 11.9. The predicted molar refractivity (Wildman–Crippen MR) is 81.2 cm³/mol. The van der Waals surface area contributed by atoms with Gasteiger partial charge < -0.3 is 14.3 Å². The molecule has 3 aromatic rings. The fourth-order valence-electron chi connectivity index (χ4n) is 2.99. The topological polar surface area (TPSA) is 79.2 Å². The molecule has 2 aromatic heterocycles. The molecule has 1 N–H and O–H groups in total. The highest BCUT2D eigenvalue weighted by Gasteiger charge is 2.30. The number of furan rings is 1. The van der Waals surface area contributed by atoms with Crippen molar-refractivity contribution >= 4 is 22.7 Å². The van der Waals surface area contributed by atoms with Crippen molar-refractivity contribution in [2.24, 2.45) is 0 Å². The molecule has 1 amide bonds. The van der Waals surface area contributed by atoms with E-state index in [1.54, 1.807) is 11.8 Å². The molecule has 1 aromatic carbocycles. The molecule has 1 aliphatic heterocycles. The van der Waals surface area contributed by atoms with Crippen molar-refractivity contribution in [1.29, 1.82) is 0 Å². The average Bonchev–Trinajstić information content (AvgIpc) is 3.08. The summed E-state index contributed by atoms with van der Waals surface area (Å²) in [6.07, 6.45) is 2.08. The fourth-order valence-corrected chi connectivity index (χ4v) is 2.99. The maximum absolute atomic E-state index is 12.9. The van der Waals surface area contributed by atoms with Crippen molar-refractivity contribution in [2.75, 3.05) is 11.4 Å². The first kappa shape index (κ1) is 12.8. The minimum atomic E-state index is -0.363. The Hall–Kier alpha value is -2.89. The molecule has 1 aliphatic rings. The number of para-hydroxylation sites is 1. The Morgan fingerprint density at radius 2 is 2.18 bits per heavy atom. The van der Waals surface area contributed by atoms with Crippen LogP contribution < -0.4 is 10.5 Å². The fraction of sp³-hybridized carbons (Fsp3) is 0.188. The minimum Gasteiger partial charge on any atom is -0.442 e. The van der Waals surface area contributed by atoms with Crippen molar-refractivity contribution in [3.8, 4) is 0 Å². The van der Waals surface area contributed by atoms with Gasteiger partial charge in [-0.2, -0.15) is 0 Å². The molecule has 0 atom stereocenters. The van der Waals surface area contributed by atoms with Crippen LogP contribution in [-0.2, 0) is 6.42 Å². The molecule has 0 bridgehead atoms. The number of anilines is 1.